The predicted molar refractivity (Wildman–Crippen MR) is 65.4 cm³/mol. The zero-order chi connectivity index (χ0) is 12.4. The average molecular weight is 240 g/mol. The number of aliphatic hydroxyl groups excluding tert-OH is 1. The van der Waals surface area contributed by atoms with Gasteiger partial charge in [0.05, 0.1) is 13.2 Å². The minimum absolute atomic E-state index is 0.124. The molecule has 0 aliphatic heterocycles. The van der Waals surface area contributed by atoms with Crippen molar-refractivity contribution >= 4 is 5.97 Å². The summed E-state index contributed by atoms with van der Waals surface area (Å²) in [6.07, 6.45) is 6.12. The van der Waals surface area contributed by atoms with Crippen LogP contribution in [0.25, 0.3) is 0 Å². The van der Waals surface area contributed by atoms with Crippen molar-refractivity contribution in [3.05, 3.63) is 0 Å². The third-order valence-electron chi connectivity index (χ3n) is 4.87. The molecular weight excluding hydrogens is 216 g/mol. The molecular formula is C14H24O3. The van der Waals surface area contributed by atoms with Gasteiger partial charge in [-0.1, -0.05) is 19.8 Å². The summed E-state index contributed by atoms with van der Waals surface area (Å²) in [5, 5.41) is 10.4. The normalized spacial score (nSPS) is 41.7. The number of carbonyl (C=O) groups excluding carboxylic acids is 1. The highest BCUT2D eigenvalue weighted by atomic mass is 16.5. The Hall–Kier alpha value is -0.570. The summed E-state index contributed by atoms with van der Waals surface area (Å²) in [4.78, 5) is 11.4. The number of ether oxygens (including phenoxy) is 1. The zero-order valence-electron chi connectivity index (χ0n) is 10.9. The maximum absolute atomic E-state index is 11.4. The first kappa shape index (κ1) is 12.9. The van der Waals surface area contributed by atoms with Crippen molar-refractivity contribution in [2.75, 3.05) is 7.11 Å². The second-order valence-electron chi connectivity index (χ2n) is 5.85. The molecule has 2 saturated carbocycles. The molecule has 0 spiro atoms. The summed E-state index contributed by atoms with van der Waals surface area (Å²) in [7, 11) is 1.45. The van der Waals surface area contributed by atoms with E-state index in [1.54, 1.807) is 0 Å². The summed E-state index contributed by atoms with van der Waals surface area (Å²) < 4.78 is 4.77. The number of esters is 1. The Morgan fingerprint density at radius 3 is 2.76 bits per heavy atom. The number of methoxy groups -OCH3 is 1. The number of fused-ring (bicyclic) bond motifs is 1. The van der Waals surface area contributed by atoms with Crippen LogP contribution in [0.1, 0.15) is 45.4 Å². The summed E-state index contributed by atoms with van der Waals surface area (Å²) in [5.74, 6) is 1.55. The highest BCUT2D eigenvalue weighted by Crippen LogP contribution is 2.46. The molecule has 3 heteroatoms. The molecule has 0 radical (unpaired) electrons. The minimum Gasteiger partial charge on any atom is -0.469 e. The predicted octanol–water partition coefficient (Wildman–Crippen LogP) is 2.37. The molecule has 0 unspecified atom stereocenters. The van der Waals surface area contributed by atoms with E-state index in [1.165, 1.54) is 26.4 Å². The van der Waals surface area contributed by atoms with Crippen molar-refractivity contribution in [1.82, 2.24) is 0 Å². The minimum atomic E-state index is -0.219. The lowest BCUT2D eigenvalue weighted by Gasteiger charge is -2.46. The van der Waals surface area contributed by atoms with E-state index < -0.39 is 0 Å². The van der Waals surface area contributed by atoms with Gasteiger partial charge in [0, 0.05) is 6.42 Å². The molecule has 0 bridgehead atoms. The number of rotatable bonds is 2. The molecule has 2 aliphatic carbocycles. The van der Waals surface area contributed by atoms with Crippen LogP contribution >= 0.6 is 0 Å². The Kier molecular flexibility index (Phi) is 4.08. The first-order valence-corrected chi connectivity index (χ1v) is 6.88. The maximum atomic E-state index is 11.4. The van der Waals surface area contributed by atoms with Gasteiger partial charge in [-0.05, 0) is 42.9 Å². The fourth-order valence-corrected chi connectivity index (χ4v) is 3.87. The van der Waals surface area contributed by atoms with Gasteiger partial charge in [0.25, 0.3) is 0 Å². The van der Waals surface area contributed by atoms with Gasteiger partial charge in [0.1, 0.15) is 0 Å². The largest absolute Gasteiger partial charge is 0.469 e. The van der Waals surface area contributed by atoms with E-state index in [9.17, 15) is 9.90 Å². The van der Waals surface area contributed by atoms with Crippen LogP contribution < -0.4 is 0 Å². The molecule has 0 saturated heterocycles. The van der Waals surface area contributed by atoms with Crippen molar-refractivity contribution in [2.24, 2.45) is 23.7 Å². The first-order chi connectivity index (χ1) is 8.13. The monoisotopic (exact) mass is 240 g/mol. The number of hydrogen-bond acceptors (Lipinski definition) is 3. The van der Waals surface area contributed by atoms with Crippen LogP contribution in [0.3, 0.4) is 0 Å². The van der Waals surface area contributed by atoms with E-state index in [0.717, 1.165) is 12.8 Å². The lowest BCUT2D eigenvalue weighted by Crippen LogP contribution is -2.44. The zero-order valence-corrected chi connectivity index (χ0v) is 10.9. The van der Waals surface area contributed by atoms with Gasteiger partial charge in [-0.2, -0.15) is 0 Å². The Morgan fingerprint density at radius 1 is 1.29 bits per heavy atom. The van der Waals surface area contributed by atoms with Crippen LogP contribution in [0.5, 0.6) is 0 Å². The Balaban J connectivity index is 2.06. The Morgan fingerprint density at radius 2 is 2.06 bits per heavy atom. The Bertz CT molecular complexity index is 275. The van der Waals surface area contributed by atoms with E-state index in [-0.39, 0.29) is 12.1 Å². The van der Waals surface area contributed by atoms with E-state index in [4.69, 9.17) is 4.74 Å². The van der Waals surface area contributed by atoms with E-state index >= 15 is 0 Å². The van der Waals surface area contributed by atoms with Crippen molar-refractivity contribution in [2.45, 2.75) is 51.6 Å². The molecule has 1 N–H and O–H groups in total. The van der Waals surface area contributed by atoms with Crippen LogP contribution in [0.4, 0.5) is 0 Å². The Labute approximate surface area is 104 Å². The smallest absolute Gasteiger partial charge is 0.305 e. The number of carbonyl (C=O) groups is 1. The molecule has 17 heavy (non-hydrogen) atoms. The summed E-state index contributed by atoms with van der Waals surface area (Å²) in [6, 6.07) is 0. The van der Waals surface area contributed by atoms with Crippen molar-refractivity contribution < 1.29 is 14.6 Å². The van der Waals surface area contributed by atoms with Crippen molar-refractivity contribution in [3.8, 4) is 0 Å². The highest BCUT2D eigenvalue weighted by molar-refractivity contribution is 5.69. The van der Waals surface area contributed by atoms with Gasteiger partial charge >= 0.3 is 5.97 Å². The summed E-state index contributed by atoms with van der Waals surface area (Å²) >= 11 is 0. The molecule has 2 rings (SSSR count). The van der Waals surface area contributed by atoms with Crippen LogP contribution in [0, 0.1) is 23.7 Å². The van der Waals surface area contributed by atoms with Gasteiger partial charge in [-0.3, -0.25) is 4.79 Å². The van der Waals surface area contributed by atoms with Crippen LogP contribution in [0.15, 0.2) is 0 Å². The molecule has 0 aromatic heterocycles. The quantitative estimate of drug-likeness (QED) is 0.754. The molecule has 2 aliphatic rings. The van der Waals surface area contributed by atoms with Gasteiger partial charge in [-0.25, -0.2) is 0 Å². The summed E-state index contributed by atoms with van der Waals surface area (Å²) in [6.45, 7) is 2.13. The van der Waals surface area contributed by atoms with Gasteiger partial charge in [0.15, 0.2) is 0 Å². The molecule has 98 valence electrons. The lowest BCUT2D eigenvalue weighted by molar-refractivity contribution is -0.144. The molecule has 0 aromatic rings. The van der Waals surface area contributed by atoms with E-state index in [0.29, 0.717) is 30.1 Å². The fraction of sp³-hybridized carbons (Fsp3) is 0.929. The number of aliphatic hydroxyl groups is 1. The van der Waals surface area contributed by atoms with Crippen molar-refractivity contribution in [1.29, 1.82) is 0 Å². The van der Waals surface area contributed by atoms with E-state index in [2.05, 4.69) is 6.92 Å². The second kappa shape index (κ2) is 5.38. The maximum Gasteiger partial charge on any atom is 0.305 e. The van der Waals surface area contributed by atoms with E-state index in [1.807, 2.05) is 0 Å². The molecule has 5 atom stereocenters. The van der Waals surface area contributed by atoms with Crippen molar-refractivity contribution in [3.63, 3.8) is 0 Å². The second-order valence-corrected chi connectivity index (χ2v) is 5.85. The molecule has 0 aromatic carbocycles. The SMILES string of the molecule is COC(=O)C[C@@H]1CCC[C@@H]2CC[C@@H](C)[C@@H](O)[C@H]21. The van der Waals surface area contributed by atoms with Crippen LogP contribution in [0.2, 0.25) is 0 Å². The third kappa shape index (κ3) is 2.65. The van der Waals surface area contributed by atoms with Crippen LogP contribution in [-0.4, -0.2) is 24.3 Å². The van der Waals surface area contributed by atoms with Gasteiger partial charge < -0.3 is 9.84 Å². The molecule has 2 fully saturated rings. The average Bonchev–Trinajstić information content (AvgIpc) is 2.34. The topological polar surface area (TPSA) is 46.5 Å². The lowest BCUT2D eigenvalue weighted by atomic mass is 9.61. The van der Waals surface area contributed by atoms with Gasteiger partial charge in [-0.15, -0.1) is 0 Å². The third-order valence-corrected chi connectivity index (χ3v) is 4.87. The number of hydrogen-bond donors (Lipinski definition) is 1. The molecule has 3 nitrogen and oxygen atoms in total. The molecule has 0 amide bonds. The summed E-state index contributed by atoms with van der Waals surface area (Å²) in [5.41, 5.74) is 0. The van der Waals surface area contributed by atoms with Crippen LogP contribution in [-0.2, 0) is 9.53 Å². The molecule has 0 heterocycles. The first-order valence-electron chi connectivity index (χ1n) is 6.88. The standard InChI is InChI=1S/C14H24O3/c1-9-6-7-10-4-3-5-11(8-12(15)17-2)13(10)14(9)16/h9-11,13-14,16H,3-8H2,1-2H3/t9-,10-,11+,13-,14-/m1/s1. The fourth-order valence-electron chi connectivity index (χ4n) is 3.87. The highest BCUT2D eigenvalue weighted by Gasteiger charge is 2.43. The van der Waals surface area contributed by atoms with Gasteiger partial charge in [0.2, 0.25) is 0 Å².